The summed E-state index contributed by atoms with van der Waals surface area (Å²) in [5.41, 5.74) is 2.84. The van der Waals surface area contributed by atoms with E-state index in [1.54, 1.807) is 0 Å². The number of hydrogen-bond donors (Lipinski definition) is 0. The van der Waals surface area contributed by atoms with Crippen LogP contribution in [0, 0.1) is 25.2 Å². The zero-order chi connectivity index (χ0) is 9.84. The number of hydrogen-bond acceptors (Lipinski definition) is 2. The first-order valence-electron chi connectivity index (χ1n) is 4.11. The topological polar surface area (TPSA) is 40.9 Å². The van der Waals surface area contributed by atoms with E-state index in [0.29, 0.717) is 6.29 Å². The Kier molecular flexibility index (Phi) is 2.81. The minimum atomic E-state index is -0.624. The van der Waals surface area contributed by atoms with E-state index >= 15 is 0 Å². The number of carbonyl (C=O) groups is 1. The molecule has 1 aromatic carbocycles. The van der Waals surface area contributed by atoms with Crippen molar-refractivity contribution in [2.45, 2.75) is 19.8 Å². The molecule has 0 radical (unpaired) electrons. The molecule has 0 amide bonds. The van der Waals surface area contributed by atoms with Crippen LogP contribution in [0.4, 0.5) is 0 Å². The lowest BCUT2D eigenvalue weighted by atomic mass is 9.93. The van der Waals surface area contributed by atoms with Crippen molar-refractivity contribution in [2.75, 3.05) is 0 Å². The molecule has 0 aromatic heterocycles. The van der Waals surface area contributed by atoms with E-state index in [1.807, 2.05) is 38.1 Å². The average molecular weight is 173 g/mol. The van der Waals surface area contributed by atoms with Crippen LogP contribution in [0.5, 0.6) is 0 Å². The number of nitriles is 1. The predicted molar refractivity (Wildman–Crippen MR) is 50.3 cm³/mol. The summed E-state index contributed by atoms with van der Waals surface area (Å²) in [6, 6.07) is 7.73. The molecule has 0 unspecified atom stereocenters. The molecule has 0 aliphatic heterocycles. The smallest absolute Gasteiger partial charge is 0.141 e. The summed E-state index contributed by atoms with van der Waals surface area (Å²) in [5.74, 6) is -0.624. The number of aldehydes is 1. The van der Waals surface area contributed by atoms with Crippen molar-refractivity contribution in [3.63, 3.8) is 0 Å². The molecule has 1 aromatic rings. The molecule has 0 saturated carbocycles. The fourth-order valence-corrected chi connectivity index (χ4v) is 1.48. The Hall–Kier alpha value is -1.62. The second kappa shape index (κ2) is 3.86. The summed E-state index contributed by atoms with van der Waals surface area (Å²) in [7, 11) is 0. The molecular weight excluding hydrogens is 162 g/mol. The molecule has 0 bridgehead atoms. The van der Waals surface area contributed by atoms with Crippen molar-refractivity contribution in [3.8, 4) is 6.07 Å². The van der Waals surface area contributed by atoms with Gasteiger partial charge in [0.1, 0.15) is 12.2 Å². The molecule has 1 rings (SSSR count). The van der Waals surface area contributed by atoms with Crippen molar-refractivity contribution in [1.29, 1.82) is 5.26 Å². The molecule has 0 aliphatic carbocycles. The molecule has 0 fully saturated rings. The average Bonchev–Trinajstić information content (AvgIpc) is 2.11. The zero-order valence-electron chi connectivity index (χ0n) is 7.74. The minimum Gasteiger partial charge on any atom is -0.302 e. The Morgan fingerprint density at radius 3 is 2.31 bits per heavy atom. The van der Waals surface area contributed by atoms with Crippen LogP contribution in [0.15, 0.2) is 18.2 Å². The van der Waals surface area contributed by atoms with Crippen LogP contribution in [0.3, 0.4) is 0 Å². The molecule has 13 heavy (non-hydrogen) atoms. The molecule has 0 heterocycles. The van der Waals surface area contributed by atoms with Crippen molar-refractivity contribution >= 4 is 6.29 Å². The number of nitrogens with zero attached hydrogens (tertiary/aromatic N) is 1. The maximum absolute atomic E-state index is 10.6. The SMILES string of the molecule is Cc1cccc(C)c1[C@H](C#N)C=O. The largest absolute Gasteiger partial charge is 0.302 e. The second-order valence-corrected chi connectivity index (χ2v) is 3.05. The van der Waals surface area contributed by atoms with Gasteiger partial charge >= 0.3 is 0 Å². The van der Waals surface area contributed by atoms with Gasteiger partial charge in [0.25, 0.3) is 0 Å². The molecular formula is C11H11NO. The molecule has 0 spiro atoms. The van der Waals surface area contributed by atoms with Crippen LogP contribution in [-0.4, -0.2) is 6.29 Å². The van der Waals surface area contributed by atoms with E-state index in [-0.39, 0.29) is 0 Å². The van der Waals surface area contributed by atoms with Crippen LogP contribution >= 0.6 is 0 Å². The second-order valence-electron chi connectivity index (χ2n) is 3.05. The first-order chi connectivity index (χ1) is 6.20. The Balaban J connectivity index is 3.28. The van der Waals surface area contributed by atoms with Crippen LogP contribution in [-0.2, 0) is 4.79 Å². The van der Waals surface area contributed by atoms with E-state index in [9.17, 15) is 4.79 Å². The van der Waals surface area contributed by atoms with Gasteiger partial charge in [-0.25, -0.2) is 0 Å². The van der Waals surface area contributed by atoms with Crippen LogP contribution in [0.25, 0.3) is 0 Å². The Bertz CT molecular complexity index is 343. The summed E-state index contributed by atoms with van der Waals surface area (Å²) in [5, 5.41) is 8.75. The van der Waals surface area contributed by atoms with E-state index in [4.69, 9.17) is 5.26 Å². The Morgan fingerprint density at radius 2 is 1.92 bits per heavy atom. The Labute approximate surface area is 77.8 Å². The first-order valence-corrected chi connectivity index (χ1v) is 4.11. The van der Waals surface area contributed by atoms with Crippen molar-refractivity contribution in [1.82, 2.24) is 0 Å². The van der Waals surface area contributed by atoms with Gasteiger partial charge in [0.15, 0.2) is 0 Å². The fourth-order valence-electron chi connectivity index (χ4n) is 1.48. The van der Waals surface area contributed by atoms with E-state index in [0.717, 1.165) is 16.7 Å². The first kappa shape index (κ1) is 9.47. The normalized spacial score (nSPS) is 11.8. The monoisotopic (exact) mass is 173 g/mol. The highest BCUT2D eigenvalue weighted by atomic mass is 16.1. The van der Waals surface area contributed by atoms with Crippen LogP contribution in [0.1, 0.15) is 22.6 Å². The van der Waals surface area contributed by atoms with Gasteiger partial charge in [0.05, 0.1) is 6.07 Å². The summed E-state index contributed by atoms with van der Waals surface area (Å²) >= 11 is 0. The summed E-state index contributed by atoms with van der Waals surface area (Å²) in [6.07, 6.45) is 0.690. The summed E-state index contributed by atoms with van der Waals surface area (Å²) in [6.45, 7) is 3.83. The van der Waals surface area contributed by atoms with Gasteiger partial charge in [-0.2, -0.15) is 5.26 Å². The predicted octanol–water partition coefficient (Wildman–Crippen LogP) is 2.11. The third-order valence-corrected chi connectivity index (χ3v) is 2.13. The Morgan fingerprint density at radius 1 is 1.38 bits per heavy atom. The third kappa shape index (κ3) is 1.75. The number of benzene rings is 1. The molecule has 0 saturated heterocycles. The van der Waals surface area contributed by atoms with E-state index in [1.165, 1.54) is 0 Å². The van der Waals surface area contributed by atoms with E-state index < -0.39 is 5.92 Å². The zero-order valence-corrected chi connectivity index (χ0v) is 7.74. The maximum atomic E-state index is 10.6. The van der Waals surface area contributed by atoms with E-state index in [2.05, 4.69) is 0 Å². The molecule has 0 N–H and O–H groups in total. The molecule has 0 aliphatic rings. The third-order valence-electron chi connectivity index (χ3n) is 2.13. The van der Waals surface area contributed by atoms with Crippen LogP contribution in [0.2, 0.25) is 0 Å². The lowest BCUT2D eigenvalue weighted by Gasteiger charge is -2.09. The highest BCUT2D eigenvalue weighted by Gasteiger charge is 2.13. The quantitative estimate of drug-likeness (QED) is 0.642. The maximum Gasteiger partial charge on any atom is 0.141 e. The summed E-state index contributed by atoms with van der Waals surface area (Å²) < 4.78 is 0. The molecule has 2 nitrogen and oxygen atoms in total. The van der Waals surface area contributed by atoms with Crippen molar-refractivity contribution in [3.05, 3.63) is 34.9 Å². The van der Waals surface area contributed by atoms with Crippen LogP contribution < -0.4 is 0 Å². The van der Waals surface area contributed by atoms with Gasteiger partial charge in [-0.1, -0.05) is 18.2 Å². The lowest BCUT2D eigenvalue weighted by molar-refractivity contribution is -0.108. The number of carbonyl (C=O) groups excluding carboxylic acids is 1. The van der Waals surface area contributed by atoms with Gasteiger partial charge in [0, 0.05) is 0 Å². The number of aryl methyl sites for hydroxylation is 2. The molecule has 1 atom stereocenters. The molecule has 66 valence electrons. The highest BCUT2D eigenvalue weighted by Crippen LogP contribution is 2.21. The van der Waals surface area contributed by atoms with Crippen molar-refractivity contribution < 1.29 is 4.79 Å². The minimum absolute atomic E-state index is 0.624. The standard InChI is InChI=1S/C11H11NO/c1-8-4-3-5-9(2)11(8)10(6-12)7-13/h3-5,7,10H,1-2H3/t10-/m1/s1. The van der Waals surface area contributed by atoms with Gasteiger partial charge < -0.3 is 4.79 Å². The highest BCUT2D eigenvalue weighted by molar-refractivity contribution is 5.68. The van der Waals surface area contributed by atoms with Gasteiger partial charge in [-0.05, 0) is 30.5 Å². The van der Waals surface area contributed by atoms with Gasteiger partial charge in [-0.15, -0.1) is 0 Å². The fraction of sp³-hybridized carbons (Fsp3) is 0.273. The summed E-state index contributed by atoms with van der Waals surface area (Å²) in [4.78, 5) is 10.6. The van der Waals surface area contributed by atoms with Gasteiger partial charge in [-0.3, -0.25) is 0 Å². The molecule has 2 heteroatoms. The number of rotatable bonds is 2. The van der Waals surface area contributed by atoms with Gasteiger partial charge in [0.2, 0.25) is 0 Å². The lowest BCUT2D eigenvalue weighted by Crippen LogP contribution is -2.02. The van der Waals surface area contributed by atoms with Crippen molar-refractivity contribution in [2.24, 2.45) is 0 Å².